The molecule has 1 rings (SSSR count). The summed E-state index contributed by atoms with van der Waals surface area (Å²) in [6.45, 7) is 4.98. The molecule has 0 amide bonds. The molecule has 0 saturated carbocycles. The summed E-state index contributed by atoms with van der Waals surface area (Å²) < 4.78 is 31.1. The first kappa shape index (κ1) is 13.4. The first-order valence-corrected chi connectivity index (χ1v) is 5.27. The molecule has 3 nitrogen and oxygen atoms in total. The van der Waals surface area contributed by atoms with Gasteiger partial charge in [0.1, 0.15) is 17.2 Å². The number of carbonyl (C=O) groups excluding carboxylic acids is 1. The molecule has 0 aromatic heterocycles. The van der Waals surface area contributed by atoms with Gasteiger partial charge >= 0.3 is 5.97 Å². The van der Waals surface area contributed by atoms with Gasteiger partial charge in [0.15, 0.2) is 0 Å². The molecule has 0 radical (unpaired) electrons. The second-order valence-corrected chi connectivity index (χ2v) is 4.09. The van der Waals surface area contributed by atoms with Crippen molar-refractivity contribution >= 4 is 11.7 Å². The SMILES string of the molecule is CCOC(=O)C(C)(C)Nc1cc(F)ccc1F. The Labute approximate surface area is 98.8 Å². The molecule has 1 aromatic rings. The van der Waals surface area contributed by atoms with Gasteiger partial charge in [0, 0.05) is 0 Å². The predicted octanol–water partition coefficient (Wildman–Crippen LogP) is 2.72. The van der Waals surface area contributed by atoms with Crippen molar-refractivity contribution in [2.24, 2.45) is 0 Å². The smallest absolute Gasteiger partial charge is 0.331 e. The zero-order chi connectivity index (χ0) is 13.1. The fourth-order valence-corrected chi connectivity index (χ4v) is 1.29. The number of benzene rings is 1. The average Bonchev–Trinajstić information content (AvgIpc) is 2.23. The molecule has 0 bridgehead atoms. The molecule has 0 heterocycles. The highest BCUT2D eigenvalue weighted by molar-refractivity contribution is 5.83. The third-order valence-electron chi connectivity index (χ3n) is 2.16. The summed E-state index contributed by atoms with van der Waals surface area (Å²) in [4.78, 5) is 11.6. The van der Waals surface area contributed by atoms with Crippen molar-refractivity contribution in [1.29, 1.82) is 0 Å². The fourth-order valence-electron chi connectivity index (χ4n) is 1.29. The Morgan fingerprint density at radius 1 is 1.41 bits per heavy atom. The van der Waals surface area contributed by atoms with E-state index in [1.165, 1.54) is 13.8 Å². The lowest BCUT2D eigenvalue weighted by Gasteiger charge is -2.25. The van der Waals surface area contributed by atoms with Gasteiger partial charge in [-0.25, -0.2) is 13.6 Å². The topological polar surface area (TPSA) is 38.3 Å². The van der Waals surface area contributed by atoms with Crippen molar-refractivity contribution in [3.8, 4) is 0 Å². The van der Waals surface area contributed by atoms with Gasteiger partial charge in [-0.1, -0.05) is 0 Å². The minimum Gasteiger partial charge on any atom is -0.464 e. The van der Waals surface area contributed by atoms with E-state index in [2.05, 4.69) is 5.32 Å². The van der Waals surface area contributed by atoms with Gasteiger partial charge in [-0.3, -0.25) is 0 Å². The van der Waals surface area contributed by atoms with Crippen molar-refractivity contribution < 1.29 is 18.3 Å². The van der Waals surface area contributed by atoms with Crippen LogP contribution in [-0.4, -0.2) is 18.1 Å². The maximum atomic E-state index is 13.4. The number of hydrogen-bond acceptors (Lipinski definition) is 3. The largest absolute Gasteiger partial charge is 0.464 e. The third kappa shape index (κ3) is 3.41. The maximum absolute atomic E-state index is 13.4. The van der Waals surface area contributed by atoms with Gasteiger partial charge in [-0.2, -0.15) is 0 Å². The zero-order valence-corrected chi connectivity index (χ0v) is 10.0. The van der Waals surface area contributed by atoms with Gasteiger partial charge in [-0.05, 0) is 39.0 Å². The van der Waals surface area contributed by atoms with Crippen LogP contribution in [0, 0.1) is 11.6 Å². The summed E-state index contributed by atoms with van der Waals surface area (Å²) in [5, 5.41) is 2.62. The van der Waals surface area contributed by atoms with E-state index >= 15 is 0 Å². The number of hydrogen-bond donors (Lipinski definition) is 1. The number of ether oxygens (including phenoxy) is 1. The second-order valence-electron chi connectivity index (χ2n) is 4.09. The van der Waals surface area contributed by atoms with E-state index in [4.69, 9.17) is 4.74 Å². The van der Waals surface area contributed by atoms with Crippen LogP contribution in [-0.2, 0) is 9.53 Å². The van der Waals surface area contributed by atoms with Crippen LogP contribution >= 0.6 is 0 Å². The summed E-state index contributed by atoms with van der Waals surface area (Å²) in [5.41, 5.74) is -1.19. The van der Waals surface area contributed by atoms with E-state index in [0.29, 0.717) is 0 Å². The van der Waals surface area contributed by atoms with E-state index in [0.717, 1.165) is 18.2 Å². The summed E-state index contributed by atoms with van der Waals surface area (Å²) >= 11 is 0. The van der Waals surface area contributed by atoms with E-state index in [-0.39, 0.29) is 12.3 Å². The molecule has 0 aliphatic rings. The van der Waals surface area contributed by atoms with Crippen LogP contribution in [0.15, 0.2) is 18.2 Å². The Morgan fingerprint density at radius 2 is 2.06 bits per heavy atom. The Bertz CT molecular complexity index is 419. The first-order valence-electron chi connectivity index (χ1n) is 5.27. The van der Waals surface area contributed by atoms with E-state index in [1.807, 2.05) is 0 Å². The van der Waals surface area contributed by atoms with Crippen molar-refractivity contribution in [3.05, 3.63) is 29.8 Å². The van der Waals surface area contributed by atoms with E-state index in [9.17, 15) is 13.6 Å². The lowest BCUT2D eigenvalue weighted by atomic mass is 10.1. The van der Waals surface area contributed by atoms with Gasteiger partial charge in [0.05, 0.1) is 12.3 Å². The minimum absolute atomic E-state index is 0.0666. The predicted molar refractivity (Wildman–Crippen MR) is 60.7 cm³/mol. The number of esters is 1. The van der Waals surface area contributed by atoms with Crippen molar-refractivity contribution in [3.63, 3.8) is 0 Å². The molecule has 0 spiro atoms. The van der Waals surface area contributed by atoms with Crippen LogP contribution < -0.4 is 5.32 Å². The monoisotopic (exact) mass is 243 g/mol. The number of halogens is 2. The van der Waals surface area contributed by atoms with Gasteiger partial charge in [0.2, 0.25) is 0 Å². The molecule has 0 atom stereocenters. The van der Waals surface area contributed by atoms with Crippen LogP contribution in [0.2, 0.25) is 0 Å². The van der Waals surface area contributed by atoms with Crippen LogP contribution in [0.5, 0.6) is 0 Å². The summed E-state index contributed by atoms with van der Waals surface area (Å²) in [6.07, 6.45) is 0. The highest BCUT2D eigenvalue weighted by Crippen LogP contribution is 2.20. The number of anilines is 1. The molecule has 1 N–H and O–H groups in total. The van der Waals surface area contributed by atoms with E-state index in [1.54, 1.807) is 6.92 Å². The Kier molecular flexibility index (Phi) is 4.04. The fraction of sp³-hybridized carbons (Fsp3) is 0.417. The zero-order valence-electron chi connectivity index (χ0n) is 10.0. The molecule has 94 valence electrons. The first-order chi connectivity index (χ1) is 7.86. The third-order valence-corrected chi connectivity index (χ3v) is 2.16. The Balaban J connectivity index is 2.89. The molecule has 0 saturated heterocycles. The standard InChI is InChI=1S/C12H15F2NO2/c1-4-17-11(16)12(2,3)15-10-7-8(13)5-6-9(10)14/h5-7,15H,4H2,1-3H3. The second kappa shape index (κ2) is 5.12. The average molecular weight is 243 g/mol. The Morgan fingerprint density at radius 3 is 2.65 bits per heavy atom. The molecular formula is C12H15F2NO2. The summed E-state index contributed by atoms with van der Waals surface area (Å²) in [5.74, 6) is -1.72. The van der Waals surface area contributed by atoms with Crippen LogP contribution in [0.3, 0.4) is 0 Å². The molecule has 5 heteroatoms. The normalized spacial score (nSPS) is 11.1. The molecule has 0 aliphatic carbocycles. The molecule has 17 heavy (non-hydrogen) atoms. The lowest BCUT2D eigenvalue weighted by molar-refractivity contribution is -0.147. The number of nitrogens with one attached hydrogen (secondary N) is 1. The van der Waals surface area contributed by atoms with Gasteiger partial charge < -0.3 is 10.1 Å². The lowest BCUT2D eigenvalue weighted by Crippen LogP contribution is -2.41. The van der Waals surface area contributed by atoms with Crippen molar-refractivity contribution in [2.75, 3.05) is 11.9 Å². The number of rotatable bonds is 4. The van der Waals surface area contributed by atoms with Crippen molar-refractivity contribution in [1.82, 2.24) is 0 Å². The minimum atomic E-state index is -1.12. The molecule has 0 aliphatic heterocycles. The highest BCUT2D eigenvalue weighted by atomic mass is 19.1. The van der Waals surface area contributed by atoms with Crippen LogP contribution in [0.4, 0.5) is 14.5 Å². The number of carbonyl (C=O) groups is 1. The van der Waals surface area contributed by atoms with E-state index < -0.39 is 23.1 Å². The Hall–Kier alpha value is -1.65. The molecule has 0 unspecified atom stereocenters. The quantitative estimate of drug-likeness (QED) is 0.826. The molecular weight excluding hydrogens is 228 g/mol. The molecule has 0 fully saturated rings. The highest BCUT2D eigenvalue weighted by Gasteiger charge is 2.29. The van der Waals surface area contributed by atoms with Crippen LogP contribution in [0.1, 0.15) is 20.8 Å². The molecule has 1 aromatic carbocycles. The summed E-state index contributed by atoms with van der Waals surface area (Å²) in [6, 6.07) is 3.01. The summed E-state index contributed by atoms with van der Waals surface area (Å²) in [7, 11) is 0. The van der Waals surface area contributed by atoms with Crippen molar-refractivity contribution in [2.45, 2.75) is 26.3 Å². The maximum Gasteiger partial charge on any atom is 0.331 e. The van der Waals surface area contributed by atoms with Gasteiger partial charge in [-0.15, -0.1) is 0 Å². The van der Waals surface area contributed by atoms with Gasteiger partial charge in [0.25, 0.3) is 0 Å². The van der Waals surface area contributed by atoms with Crippen LogP contribution in [0.25, 0.3) is 0 Å².